The summed E-state index contributed by atoms with van der Waals surface area (Å²) in [4.78, 5) is 1.03. The first-order valence-corrected chi connectivity index (χ1v) is 7.23. The van der Waals surface area contributed by atoms with Gasteiger partial charge in [-0.1, -0.05) is 13.0 Å². The SMILES string of the molecule is CCSc1cccc(Nn2c(C)ccc2C)c1C#N. The van der Waals surface area contributed by atoms with Gasteiger partial charge in [0, 0.05) is 16.3 Å². The van der Waals surface area contributed by atoms with Gasteiger partial charge in [0.25, 0.3) is 0 Å². The number of rotatable bonds is 4. The van der Waals surface area contributed by atoms with Gasteiger partial charge in [-0.05, 0) is 43.9 Å². The van der Waals surface area contributed by atoms with Crippen molar-refractivity contribution in [2.45, 2.75) is 25.7 Å². The molecule has 19 heavy (non-hydrogen) atoms. The number of benzene rings is 1. The summed E-state index contributed by atoms with van der Waals surface area (Å²) in [7, 11) is 0. The van der Waals surface area contributed by atoms with Crippen LogP contribution in [-0.2, 0) is 0 Å². The average Bonchev–Trinajstić information content (AvgIpc) is 2.71. The van der Waals surface area contributed by atoms with Crippen LogP contribution in [0.4, 0.5) is 5.69 Å². The third kappa shape index (κ3) is 2.77. The molecule has 0 unspecified atom stereocenters. The number of nitriles is 1. The van der Waals surface area contributed by atoms with Crippen molar-refractivity contribution in [3.63, 3.8) is 0 Å². The molecule has 0 atom stereocenters. The Hall–Kier alpha value is -1.86. The molecule has 2 aromatic rings. The van der Waals surface area contributed by atoms with E-state index in [4.69, 9.17) is 0 Å². The minimum Gasteiger partial charge on any atom is -0.293 e. The van der Waals surface area contributed by atoms with Crippen LogP contribution in [0.1, 0.15) is 23.9 Å². The van der Waals surface area contributed by atoms with Crippen molar-refractivity contribution < 1.29 is 0 Å². The van der Waals surface area contributed by atoms with Gasteiger partial charge < -0.3 is 0 Å². The molecule has 1 N–H and O–H groups in total. The van der Waals surface area contributed by atoms with E-state index in [0.717, 1.165) is 27.7 Å². The molecule has 0 saturated heterocycles. The Balaban J connectivity index is 2.41. The van der Waals surface area contributed by atoms with E-state index in [1.54, 1.807) is 11.8 Å². The second kappa shape index (κ2) is 5.85. The number of thioether (sulfide) groups is 1. The molecule has 0 fully saturated rings. The molecule has 0 aliphatic rings. The van der Waals surface area contributed by atoms with Gasteiger partial charge in [-0.25, -0.2) is 0 Å². The molecule has 98 valence electrons. The van der Waals surface area contributed by atoms with E-state index in [9.17, 15) is 5.26 Å². The summed E-state index contributed by atoms with van der Waals surface area (Å²) in [6, 6.07) is 12.3. The zero-order valence-corrected chi connectivity index (χ0v) is 12.2. The molecule has 2 rings (SSSR count). The molecule has 0 amide bonds. The summed E-state index contributed by atoms with van der Waals surface area (Å²) in [5, 5.41) is 9.38. The van der Waals surface area contributed by atoms with Crippen molar-refractivity contribution in [2.24, 2.45) is 0 Å². The summed E-state index contributed by atoms with van der Waals surface area (Å²) in [6.07, 6.45) is 0. The van der Waals surface area contributed by atoms with Crippen LogP contribution in [0.15, 0.2) is 35.2 Å². The van der Waals surface area contributed by atoms with Crippen molar-refractivity contribution in [3.8, 4) is 6.07 Å². The van der Waals surface area contributed by atoms with Crippen molar-refractivity contribution in [1.82, 2.24) is 4.68 Å². The fourth-order valence-corrected chi connectivity index (χ4v) is 2.77. The number of aryl methyl sites for hydroxylation is 2. The summed E-state index contributed by atoms with van der Waals surface area (Å²) < 4.78 is 2.00. The highest BCUT2D eigenvalue weighted by molar-refractivity contribution is 7.99. The van der Waals surface area contributed by atoms with Crippen molar-refractivity contribution in [3.05, 3.63) is 47.3 Å². The topological polar surface area (TPSA) is 40.8 Å². The third-order valence-electron chi connectivity index (χ3n) is 2.94. The Kier molecular flexibility index (Phi) is 4.18. The molecule has 0 bridgehead atoms. The number of anilines is 1. The molecule has 1 aromatic carbocycles. The van der Waals surface area contributed by atoms with Crippen LogP contribution in [0.25, 0.3) is 0 Å². The van der Waals surface area contributed by atoms with E-state index < -0.39 is 0 Å². The molecule has 1 aromatic heterocycles. The van der Waals surface area contributed by atoms with Gasteiger partial charge in [0.2, 0.25) is 0 Å². The number of hydrogen-bond donors (Lipinski definition) is 1. The van der Waals surface area contributed by atoms with Gasteiger partial charge in [0.15, 0.2) is 0 Å². The van der Waals surface area contributed by atoms with Crippen LogP contribution in [0, 0.1) is 25.2 Å². The van der Waals surface area contributed by atoms with Crippen molar-refractivity contribution >= 4 is 17.4 Å². The highest BCUT2D eigenvalue weighted by atomic mass is 32.2. The maximum Gasteiger partial charge on any atom is 0.103 e. The van der Waals surface area contributed by atoms with Crippen molar-refractivity contribution in [1.29, 1.82) is 5.26 Å². The molecule has 0 aliphatic carbocycles. The minimum absolute atomic E-state index is 0.710. The van der Waals surface area contributed by atoms with E-state index in [1.165, 1.54) is 0 Å². The Bertz CT molecular complexity index is 603. The zero-order valence-electron chi connectivity index (χ0n) is 11.4. The van der Waals surface area contributed by atoms with Gasteiger partial charge >= 0.3 is 0 Å². The summed E-state index contributed by atoms with van der Waals surface area (Å²) in [5.41, 5.74) is 7.12. The lowest BCUT2D eigenvalue weighted by Crippen LogP contribution is -2.13. The van der Waals surface area contributed by atoms with E-state index in [-0.39, 0.29) is 0 Å². The van der Waals surface area contributed by atoms with Crippen LogP contribution in [0.5, 0.6) is 0 Å². The Morgan fingerprint density at radius 3 is 2.47 bits per heavy atom. The zero-order chi connectivity index (χ0) is 13.8. The third-order valence-corrected chi connectivity index (χ3v) is 3.88. The predicted octanol–water partition coefficient (Wildman–Crippen LogP) is 3.96. The molecular formula is C15H17N3S. The summed E-state index contributed by atoms with van der Waals surface area (Å²) in [6.45, 7) is 6.17. The molecule has 1 heterocycles. The first kappa shape index (κ1) is 13.6. The highest BCUT2D eigenvalue weighted by Crippen LogP contribution is 2.28. The van der Waals surface area contributed by atoms with Gasteiger partial charge in [-0.3, -0.25) is 10.1 Å². The van der Waals surface area contributed by atoms with Crippen LogP contribution in [0.2, 0.25) is 0 Å². The number of hydrogen-bond acceptors (Lipinski definition) is 3. The lowest BCUT2D eigenvalue weighted by molar-refractivity contribution is 0.879. The molecule has 0 spiro atoms. The van der Waals surface area contributed by atoms with Gasteiger partial charge in [-0.15, -0.1) is 11.8 Å². The molecule has 0 radical (unpaired) electrons. The number of aromatic nitrogens is 1. The Morgan fingerprint density at radius 2 is 1.89 bits per heavy atom. The van der Waals surface area contributed by atoms with Crippen LogP contribution >= 0.6 is 11.8 Å². The second-order valence-corrected chi connectivity index (χ2v) is 5.59. The fourth-order valence-electron chi connectivity index (χ4n) is 1.98. The summed E-state index contributed by atoms with van der Waals surface area (Å²) in [5.74, 6) is 0.958. The molecular weight excluding hydrogens is 254 g/mol. The molecule has 4 heteroatoms. The monoisotopic (exact) mass is 271 g/mol. The van der Waals surface area contributed by atoms with Crippen molar-refractivity contribution in [2.75, 3.05) is 11.2 Å². The lowest BCUT2D eigenvalue weighted by Gasteiger charge is -2.15. The smallest absolute Gasteiger partial charge is 0.103 e. The van der Waals surface area contributed by atoms with E-state index in [2.05, 4.69) is 30.6 Å². The fraction of sp³-hybridized carbons (Fsp3) is 0.267. The Labute approximate surface area is 118 Å². The normalized spacial score (nSPS) is 10.2. The highest BCUT2D eigenvalue weighted by Gasteiger charge is 2.09. The molecule has 3 nitrogen and oxygen atoms in total. The van der Waals surface area contributed by atoms with Crippen LogP contribution in [0.3, 0.4) is 0 Å². The lowest BCUT2D eigenvalue weighted by atomic mass is 10.2. The van der Waals surface area contributed by atoms with Gasteiger partial charge in [0.05, 0.1) is 11.3 Å². The molecule has 0 aliphatic heterocycles. The van der Waals surface area contributed by atoms with Crippen LogP contribution < -0.4 is 5.43 Å². The van der Waals surface area contributed by atoms with Gasteiger partial charge in [-0.2, -0.15) is 5.26 Å². The minimum atomic E-state index is 0.710. The first-order valence-electron chi connectivity index (χ1n) is 6.25. The summed E-state index contributed by atoms with van der Waals surface area (Å²) >= 11 is 1.69. The maximum atomic E-state index is 9.38. The van der Waals surface area contributed by atoms with E-state index in [0.29, 0.717) is 5.56 Å². The quantitative estimate of drug-likeness (QED) is 0.856. The number of nitrogens with one attached hydrogen (secondary N) is 1. The Morgan fingerprint density at radius 1 is 1.21 bits per heavy atom. The standard InChI is InChI=1S/C15H17N3S/c1-4-19-15-7-5-6-14(13(15)10-16)17-18-11(2)8-9-12(18)3/h5-9,17H,4H2,1-3H3. The largest absolute Gasteiger partial charge is 0.293 e. The van der Waals surface area contributed by atoms with E-state index >= 15 is 0 Å². The first-order chi connectivity index (χ1) is 9.17. The number of nitrogens with zero attached hydrogens (tertiary/aromatic N) is 2. The maximum absolute atomic E-state index is 9.38. The molecule has 0 saturated carbocycles. The van der Waals surface area contributed by atoms with Gasteiger partial charge in [0.1, 0.15) is 6.07 Å². The van der Waals surface area contributed by atoms with Crippen LogP contribution in [-0.4, -0.2) is 10.4 Å². The second-order valence-electron chi connectivity index (χ2n) is 4.29. The average molecular weight is 271 g/mol. The van der Waals surface area contributed by atoms with E-state index in [1.807, 2.05) is 36.7 Å². The predicted molar refractivity (Wildman–Crippen MR) is 80.5 cm³/mol.